The summed E-state index contributed by atoms with van der Waals surface area (Å²) < 4.78 is 0. The van der Waals surface area contributed by atoms with Crippen molar-refractivity contribution in [3.05, 3.63) is 60.2 Å². The Morgan fingerprint density at radius 3 is 1.73 bits per heavy atom. The molecule has 166 valence electrons. The topological polar surface area (TPSA) is 0 Å². The Bertz CT molecular complexity index is 676. The molecule has 0 spiro atoms. The summed E-state index contributed by atoms with van der Waals surface area (Å²) in [5.41, 5.74) is 1.50. The number of aryl methyl sites for hydroxylation is 1. The maximum absolute atomic E-state index is 2.42. The van der Waals surface area contributed by atoms with Crippen LogP contribution in [0.2, 0.25) is 0 Å². The number of hydrogen-bond acceptors (Lipinski definition) is 0. The van der Waals surface area contributed by atoms with E-state index in [2.05, 4.69) is 61.5 Å². The number of allylic oxidation sites excluding steroid dienone is 2. The van der Waals surface area contributed by atoms with E-state index in [0.717, 1.165) is 0 Å². The summed E-state index contributed by atoms with van der Waals surface area (Å²) in [4.78, 5) is 0. The van der Waals surface area contributed by atoms with Gasteiger partial charge in [0.1, 0.15) is 0 Å². The average Bonchev–Trinajstić information content (AvgIpc) is 2.78. The van der Waals surface area contributed by atoms with Crippen molar-refractivity contribution in [1.29, 1.82) is 0 Å². The summed E-state index contributed by atoms with van der Waals surface area (Å²) in [7, 11) is 0. The van der Waals surface area contributed by atoms with Gasteiger partial charge in [-0.25, -0.2) is 0 Å². The number of hydrogen-bond donors (Lipinski definition) is 0. The molecule has 0 saturated heterocycles. The fourth-order valence-corrected chi connectivity index (χ4v) is 4.44. The Morgan fingerprint density at radius 1 is 0.533 bits per heavy atom. The van der Waals surface area contributed by atoms with Gasteiger partial charge in [-0.3, -0.25) is 0 Å². The minimum absolute atomic E-state index is 1.18. The van der Waals surface area contributed by atoms with Gasteiger partial charge >= 0.3 is 0 Å². The highest BCUT2D eigenvalue weighted by molar-refractivity contribution is 5.85. The largest absolute Gasteiger partial charge is 0.0885 e. The first kappa shape index (κ1) is 24.7. The van der Waals surface area contributed by atoms with Gasteiger partial charge in [-0.2, -0.15) is 0 Å². The Hall–Kier alpha value is -1.56. The molecule has 0 saturated carbocycles. The van der Waals surface area contributed by atoms with Crippen LogP contribution in [0.5, 0.6) is 0 Å². The third kappa shape index (κ3) is 11.0. The van der Waals surface area contributed by atoms with Crippen molar-refractivity contribution in [2.24, 2.45) is 0 Å². The normalized spacial score (nSPS) is 11.6. The molecule has 2 rings (SSSR count). The Kier molecular flexibility index (Phi) is 14.1. The third-order valence-electron chi connectivity index (χ3n) is 6.34. The van der Waals surface area contributed by atoms with Crippen molar-refractivity contribution >= 4 is 10.8 Å². The quantitative estimate of drug-likeness (QED) is 0.170. The van der Waals surface area contributed by atoms with Crippen LogP contribution >= 0.6 is 0 Å². The molecular formula is C30H46. The van der Waals surface area contributed by atoms with E-state index >= 15 is 0 Å². The zero-order valence-corrected chi connectivity index (χ0v) is 19.7. The molecule has 0 aliphatic carbocycles. The molecule has 30 heavy (non-hydrogen) atoms. The first-order valence-corrected chi connectivity index (χ1v) is 13.0. The average molecular weight is 407 g/mol. The van der Waals surface area contributed by atoms with Gasteiger partial charge in [-0.1, -0.05) is 139 Å². The third-order valence-corrected chi connectivity index (χ3v) is 6.34. The molecule has 0 aliphatic heterocycles. The minimum Gasteiger partial charge on any atom is -0.0885 e. The highest BCUT2D eigenvalue weighted by Crippen LogP contribution is 2.20. The van der Waals surface area contributed by atoms with Gasteiger partial charge in [-0.15, -0.1) is 0 Å². The predicted octanol–water partition coefficient (Wildman–Crippen LogP) is 10.2. The molecule has 0 bridgehead atoms. The van der Waals surface area contributed by atoms with Gasteiger partial charge in [0, 0.05) is 0 Å². The van der Waals surface area contributed by atoms with E-state index < -0.39 is 0 Å². The van der Waals surface area contributed by atoms with E-state index in [9.17, 15) is 0 Å². The fraction of sp³-hybridized carbons (Fsp3) is 0.600. The lowest BCUT2D eigenvalue weighted by atomic mass is 10.00. The Labute approximate surface area is 187 Å². The molecular weight excluding hydrogens is 360 g/mol. The first-order chi connectivity index (χ1) is 14.9. The van der Waals surface area contributed by atoms with Crippen LogP contribution in [0, 0.1) is 0 Å². The number of rotatable bonds is 18. The monoisotopic (exact) mass is 406 g/mol. The van der Waals surface area contributed by atoms with E-state index in [-0.39, 0.29) is 0 Å². The van der Waals surface area contributed by atoms with Crippen molar-refractivity contribution < 1.29 is 0 Å². The molecule has 2 aromatic rings. The molecule has 0 nitrogen and oxygen atoms in total. The van der Waals surface area contributed by atoms with E-state index in [0.29, 0.717) is 0 Å². The van der Waals surface area contributed by atoms with Crippen LogP contribution in [0.4, 0.5) is 0 Å². The van der Waals surface area contributed by atoms with E-state index in [1.54, 1.807) is 0 Å². The summed E-state index contributed by atoms with van der Waals surface area (Å²) in [6.07, 6.45) is 28.4. The van der Waals surface area contributed by atoms with Crippen LogP contribution < -0.4 is 0 Å². The van der Waals surface area contributed by atoms with Crippen molar-refractivity contribution in [2.75, 3.05) is 0 Å². The molecule has 0 heterocycles. The number of fused-ring (bicyclic) bond motifs is 1. The molecule has 0 radical (unpaired) electrons. The maximum Gasteiger partial charge on any atom is -0.0152 e. The van der Waals surface area contributed by atoms with E-state index in [1.807, 2.05) is 0 Å². The Balaban J connectivity index is 1.37. The maximum atomic E-state index is 2.42. The summed E-state index contributed by atoms with van der Waals surface area (Å²) in [6.45, 7) is 2.30. The van der Waals surface area contributed by atoms with E-state index in [4.69, 9.17) is 0 Å². The van der Waals surface area contributed by atoms with Crippen molar-refractivity contribution in [1.82, 2.24) is 0 Å². The van der Waals surface area contributed by atoms with E-state index in [1.165, 1.54) is 125 Å². The van der Waals surface area contributed by atoms with Crippen LogP contribution in [-0.2, 0) is 6.42 Å². The molecule has 0 fully saturated rings. The van der Waals surface area contributed by atoms with Crippen LogP contribution in [0.25, 0.3) is 10.8 Å². The fourth-order valence-electron chi connectivity index (χ4n) is 4.44. The van der Waals surface area contributed by atoms with Crippen LogP contribution in [0.1, 0.15) is 115 Å². The molecule has 0 N–H and O–H groups in total. The lowest BCUT2D eigenvalue weighted by molar-refractivity contribution is 0.540. The SMILES string of the molecule is CCCCCCCCCCCCCCC/C=C/CCCc1cccc2ccccc12. The van der Waals surface area contributed by atoms with Gasteiger partial charge in [0.15, 0.2) is 0 Å². The summed E-state index contributed by atoms with van der Waals surface area (Å²) >= 11 is 0. The molecule has 0 unspecified atom stereocenters. The second kappa shape index (κ2) is 17.2. The zero-order valence-electron chi connectivity index (χ0n) is 19.7. The van der Waals surface area contributed by atoms with Gasteiger partial charge < -0.3 is 0 Å². The predicted molar refractivity (Wildman–Crippen MR) is 136 cm³/mol. The molecule has 0 aliphatic rings. The first-order valence-electron chi connectivity index (χ1n) is 13.0. The molecule has 0 amide bonds. The lowest BCUT2D eigenvalue weighted by Crippen LogP contribution is -1.87. The number of unbranched alkanes of at least 4 members (excludes halogenated alkanes) is 14. The number of benzene rings is 2. The second-order valence-electron chi connectivity index (χ2n) is 9.03. The standard InChI is InChI=1S/C30H46/c1-2-3-4-5-6-7-8-9-10-11-12-13-14-15-16-17-18-19-23-28-25-22-26-29-24-20-21-27-30(28)29/h16-17,20-22,24-27H,2-15,18-19,23H2,1H3/b17-16+. The van der Waals surface area contributed by atoms with Crippen LogP contribution in [0.3, 0.4) is 0 Å². The van der Waals surface area contributed by atoms with Crippen LogP contribution in [-0.4, -0.2) is 0 Å². The summed E-state index contributed by atoms with van der Waals surface area (Å²) in [6, 6.07) is 15.5. The van der Waals surface area contributed by atoms with Gasteiger partial charge in [0.25, 0.3) is 0 Å². The zero-order chi connectivity index (χ0) is 21.1. The van der Waals surface area contributed by atoms with Crippen molar-refractivity contribution in [3.63, 3.8) is 0 Å². The molecule has 0 aromatic heterocycles. The summed E-state index contributed by atoms with van der Waals surface area (Å²) in [5.74, 6) is 0. The molecule has 0 atom stereocenters. The lowest BCUT2D eigenvalue weighted by Gasteiger charge is -2.05. The van der Waals surface area contributed by atoms with Crippen molar-refractivity contribution in [3.8, 4) is 0 Å². The Morgan fingerprint density at radius 2 is 1.07 bits per heavy atom. The highest BCUT2D eigenvalue weighted by Gasteiger charge is 1.99. The highest BCUT2D eigenvalue weighted by atomic mass is 14.0. The smallest absolute Gasteiger partial charge is 0.0152 e. The van der Waals surface area contributed by atoms with Gasteiger partial charge in [-0.05, 0) is 48.4 Å². The summed E-state index contributed by atoms with van der Waals surface area (Å²) in [5, 5.41) is 2.80. The van der Waals surface area contributed by atoms with Gasteiger partial charge in [0.2, 0.25) is 0 Å². The molecule has 2 aromatic carbocycles. The van der Waals surface area contributed by atoms with Crippen LogP contribution in [0.15, 0.2) is 54.6 Å². The molecule has 0 heteroatoms. The van der Waals surface area contributed by atoms with Crippen molar-refractivity contribution in [2.45, 2.75) is 116 Å². The minimum atomic E-state index is 1.18. The second-order valence-corrected chi connectivity index (χ2v) is 9.03. The van der Waals surface area contributed by atoms with Gasteiger partial charge in [0.05, 0.1) is 0 Å².